The van der Waals surface area contributed by atoms with Crippen LogP contribution in [0.3, 0.4) is 0 Å². The molecule has 0 aliphatic heterocycles. The Labute approximate surface area is 117 Å². The van der Waals surface area contributed by atoms with E-state index in [0.717, 1.165) is 13.0 Å². The Morgan fingerprint density at radius 3 is 2.75 bits per heavy atom. The summed E-state index contributed by atoms with van der Waals surface area (Å²) in [5.41, 5.74) is 6.58. The van der Waals surface area contributed by atoms with Gasteiger partial charge in [0.25, 0.3) is 5.69 Å². The fourth-order valence-corrected chi connectivity index (χ4v) is 1.92. The third-order valence-corrected chi connectivity index (χ3v) is 3.27. The molecule has 1 aromatic carbocycles. The molecule has 1 rings (SSSR count). The number of oxime groups is 1. The van der Waals surface area contributed by atoms with Gasteiger partial charge in [-0.1, -0.05) is 25.4 Å². The van der Waals surface area contributed by atoms with Gasteiger partial charge in [-0.15, -0.1) is 0 Å². The van der Waals surface area contributed by atoms with Gasteiger partial charge in [-0.05, 0) is 12.0 Å². The van der Waals surface area contributed by atoms with Gasteiger partial charge in [0.05, 0.1) is 10.5 Å². The molecular formula is C13H20N4O3. The summed E-state index contributed by atoms with van der Waals surface area (Å²) in [6, 6.07) is 4.35. The second-order valence-electron chi connectivity index (χ2n) is 4.84. The highest BCUT2D eigenvalue weighted by Gasteiger charge is 2.17. The van der Waals surface area contributed by atoms with E-state index >= 15 is 0 Å². The number of hydrogen-bond acceptors (Lipinski definition) is 5. The van der Waals surface area contributed by atoms with Gasteiger partial charge in [-0.3, -0.25) is 10.1 Å². The molecule has 0 saturated carbocycles. The number of nitrogens with two attached hydrogens (primary N) is 1. The van der Waals surface area contributed by atoms with Crippen LogP contribution in [0.2, 0.25) is 0 Å². The standard InChI is InChI=1S/C13H20N4O3/c1-4-9(2)8-16(3)12-6-5-10(17(19)20)7-11(12)13(14)15-18/h5-7,9,18H,4,8H2,1-3H3,(H2,14,15). The number of hydrogen-bond donors (Lipinski definition) is 2. The largest absolute Gasteiger partial charge is 0.409 e. The molecule has 0 saturated heterocycles. The summed E-state index contributed by atoms with van der Waals surface area (Å²) in [5.74, 6) is 0.329. The van der Waals surface area contributed by atoms with E-state index in [1.807, 2.05) is 11.9 Å². The average molecular weight is 280 g/mol. The Bertz CT molecular complexity index is 516. The lowest BCUT2D eigenvalue weighted by Gasteiger charge is -2.24. The monoisotopic (exact) mass is 280 g/mol. The lowest BCUT2D eigenvalue weighted by molar-refractivity contribution is -0.384. The van der Waals surface area contributed by atoms with Crippen molar-refractivity contribution in [3.05, 3.63) is 33.9 Å². The Morgan fingerprint density at radius 1 is 1.60 bits per heavy atom. The quantitative estimate of drug-likeness (QED) is 0.273. The van der Waals surface area contributed by atoms with Crippen LogP contribution in [0.4, 0.5) is 11.4 Å². The minimum atomic E-state index is -0.507. The summed E-state index contributed by atoms with van der Waals surface area (Å²) in [6.45, 7) is 4.99. The van der Waals surface area contributed by atoms with Crippen molar-refractivity contribution in [2.24, 2.45) is 16.8 Å². The molecule has 110 valence electrons. The van der Waals surface area contributed by atoms with Crippen LogP contribution in [0, 0.1) is 16.0 Å². The van der Waals surface area contributed by atoms with Gasteiger partial charge < -0.3 is 15.8 Å². The average Bonchev–Trinajstić information content (AvgIpc) is 2.45. The Kier molecular flexibility index (Phi) is 5.31. The second-order valence-corrected chi connectivity index (χ2v) is 4.84. The summed E-state index contributed by atoms with van der Waals surface area (Å²) in [6.07, 6.45) is 1.02. The van der Waals surface area contributed by atoms with E-state index in [0.29, 0.717) is 17.2 Å². The lowest BCUT2D eigenvalue weighted by atomic mass is 10.1. The zero-order valence-electron chi connectivity index (χ0n) is 11.9. The molecule has 0 heterocycles. The zero-order chi connectivity index (χ0) is 15.3. The van der Waals surface area contributed by atoms with E-state index < -0.39 is 4.92 Å². The predicted molar refractivity (Wildman–Crippen MR) is 78.3 cm³/mol. The Balaban J connectivity index is 3.21. The van der Waals surface area contributed by atoms with Gasteiger partial charge in [0.2, 0.25) is 0 Å². The van der Waals surface area contributed by atoms with Gasteiger partial charge >= 0.3 is 0 Å². The highest BCUT2D eigenvalue weighted by Crippen LogP contribution is 2.25. The van der Waals surface area contributed by atoms with Crippen molar-refractivity contribution < 1.29 is 10.1 Å². The van der Waals surface area contributed by atoms with Crippen LogP contribution >= 0.6 is 0 Å². The molecule has 20 heavy (non-hydrogen) atoms. The van der Waals surface area contributed by atoms with E-state index in [-0.39, 0.29) is 11.5 Å². The molecule has 1 unspecified atom stereocenters. The highest BCUT2D eigenvalue weighted by molar-refractivity contribution is 6.02. The van der Waals surface area contributed by atoms with Crippen LogP contribution in [0.5, 0.6) is 0 Å². The van der Waals surface area contributed by atoms with Crippen LogP contribution in [0.15, 0.2) is 23.4 Å². The summed E-state index contributed by atoms with van der Waals surface area (Å²) in [7, 11) is 1.88. The molecule has 0 fully saturated rings. The second kappa shape index (κ2) is 6.74. The van der Waals surface area contributed by atoms with E-state index in [4.69, 9.17) is 10.9 Å². The van der Waals surface area contributed by atoms with Crippen LogP contribution in [-0.4, -0.2) is 29.6 Å². The first-order valence-corrected chi connectivity index (χ1v) is 6.38. The third kappa shape index (κ3) is 3.59. The lowest BCUT2D eigenvalue weighted by Crippen LogP contribution is -2.27. The summed E-state index contributed by atoms with van der Waals surface area (Å²) >= 11 is 0. The smallest absolute Gasteiger partial charge is 0.270 e. The van der Waals surface area contributed by atoms with Crippen molar-refractivity contribution in [3.63, 3.8) is 0 Å². The van der Waals surface area contributed by atoms with Crippen LogP contribution in [0.1, 0.15) is 25.8 Å². The molecule has 7 nitrogen and oxygen atoms in total. The molecule has 0 spiro atoms. The molecule has 3 N–H and O–H groups in total. The maximum Gasteiger partial charge on any atom is 0.270 e. The molecule has 0 bridgehead atoms. The highest BCUT2D eigenvalue weighted by atomic mass is 16.6. The number of amidine groups is 1. The topological polar surface area (TPSA) is 105 Å². The zero-order valence-corrected chi connectivity index (χ0v) is 11.9. The van der Waals surface area contributed by atoms with Gasteiger partial charge in [0.15, 0.2) is 5.84 Å². The van der Waals surface area contributed by atoms with E-state index in [1.54, 1.807) is 6.07 Å². The molecule has 0 aliphatic rings. The van der Waals surface area contributed by atoms with Gasteiger partial charge in [-0.25, -0.2) is 0 Å². The van der Waals surface area contributed by atoms with Crippen molar-refractivity contribution in [2.75, 3.05) is 18.5 Å². The molecule has 0 amide bonds. The fourth-order valence-electron chi connectivity index (χ4n) is 1.92. The summed E-state index contributed by atoms with van der Waals surface area (Å²) in [5, 5.41) is 22.6. The Hall–Kier alpha value is -2.31. The number of rotatable bonds is 6. The number of nitrogens with zero attached hydrogens (tertiary/aromatic N) is 3. The molecule has 7 heteroatoms. The minimum Gasteiger partial charge on any atom is -0.409 e. The van der Waals surface area contributed by atoms with E-state index in [2.05, 4.69) is 19.0 Å². The van der Waals surface area contributed by atoms with Crippen molar-refractivity contribution in [1.29, 1.82) is 0 Å². The number of anilines is 1. The van der Waals surface area contributed by atoms with E-state index in [9.17, 15) is 10.1 Å². The summed E-state index contributed by atoms with van der Waals surface area (Å²) in [4.78, 5) is 12.3. The van der Waals surface area contributed by atoms with Gasteiger partial charge in [0.1, 0.15) is 0 Å². The predicted octanol–water partition coefficient (Wildman–Crippen LogP) is 2.17. The molecule has 1 aromatic rings. The number of nitro benzene ring substituents is 1. The van der Waals surface area contributed by atoms with Crippen LogP contribution < -0.4 is 10.6 Å². The summed E-state index contributed by atoms with van der Waals surface area (Å²) < 4.78 is 0. The first-order chi connectivity index (χ1) is 9.40. The third-order valence-electron chi connectivity index (χ3n) is 3.27. The minimum absolute atomic E-state index is 0.0905. The number of nitro groups is 1. The maximum atomic E-state index is 10.8. The SMILES string of the molecule is CCC(C)CN(C)c1ccc([N+](=O)[O-])cc1C(N)=NO. The molecule has 0 aliphatic carbocycles. The van der Waals surface area contributed by atoms with Crippen molar-refractivity contribution in [2.45, 2.75) is 20.3 Å². The normalized spacial score (nSPS) is 13.1. The number of non-ortho nitro benzene ring substituents is 1. The van der Waals surface area contributed by atoms with Crippen molar-refractivity contribution >= 4 is 17.2 Å². The van der Waals surface area contributed by atoms with Gasteiger partial charge in [0, 0.05) is 31.4 Å². The van der Waals surface area contributed by atoms with E-state index in [1.165, 1.54) is 12.1 Å². The molecule has 1 atom stereocenters. The molecule has 0 radical (unpaired) electrons. The maximum absolute atomic E-state index is 10.8. The first kappa shape index (κ1) is 15.7. The fraction of sp³-hybridized carbons (Fsp3) is 0.462. The first-order valence-electron chi connectivity index (χ1n) is 6.38. The number of benzene rings is 1. The molecular weight excluding hydrogens is 260 g/mol. The van der Waals surface area contributed by atoms with Gasteiger partial charge in [-0.2, -0.15) is 0 Å². The van der Waals surface area contributed by atoms with Crippen molar-refractivity contribution in [1.82, 2.24) is 0 Å². The van der Waals surface area contributed by atoms with Crippen LogP contribution in [-0.2, 0) is 0 Å². The Morgan fingerprint density at radius 2 is 2.25 bits per heavy atom. The molecule has 0 aromatic heterocycles. The van der Waals surface area contributed by atoms with Crippen molar-refractivity contribution in [3.8, 4) is 0 Å². The van der Waals surface area contributed by atoms with Crippen LogP contribution in [0.25, 0.3) is 0 Å².